The Balaban J connectivity index is 1.52. The van der Waals surface area contributed by atoms with Gasteiger partial charge >= 0.3 is 5.97 Å². The van der Waals surface area contributed by atoms with E-state index in [2.05, 4.69) is 0 Å². The van der Waals surface area contributed by atoms with E-state index in [1.54, 1.807) is 4.90 Å². The molecular formula is C24H25FN2O4. The van der Waals surface area contributed by atoms with Gasteiger partial charge in [-0.25, -0.2) is 4.39 Å². The van der Waals surface area contributed by atoms with E-state index in [4.69, 9.17) is 10.5 Å². The number of primary amides is 1. The molecule has 1 fully saturated rings. The second-order valence-electron chi connectivity index (χ2n) is 8.14. The van der Waals surface area contributed by atoms with Crippen LogP contribution in [-0.2, 0) is 25.5 Å². The van der Waals surface area contributed by atoms with Crippen molar-refractivity contribution in [2.75, 3.05) is 11.4 Å². The van der Waals surface area contributed by atoms with Gasteiger partial charge in [0.1, 0.15) is 5.82 Å². The predicted octanol–water partition coefficient (Wildman–Crippen LogP) is 3.29. The molecule has 0 saturated heterocycles. The highest BCUT2D eigenvalue weighted by Crippen LogP contribution is 2.37. The summed E-state index contributed by atoms with van der Waals surface area (Å²) < 4.78 is 18.7. The van der Waals surface area contributed by atoms with Crippen molar-refractivity contribution >= 4 is 23.5 Å². The molecule has 0 bridgehead atoms. The van der Waals surface area contributed by atoms with Crippen molar-refractivity contribution < 1.29 is 23.5 Å². The third kappa shape index (κ3) is 4.31. The summed E-state index contributed by atoms with van der Waals surface area (Å²) in [4.78, 5) is 40.1. The first-order valence-corrected chi connectivity index (χ1v) is 10.6. The zero-order valence-electron chi connectivity index (χ0n) is 17.1. The molecule has 162 valence electrons. The minimum atomic E-state index is -1.32. The van der Waals surface area contributed by atoms with E-state index in [-0.39, 0.29) is 5.91 Å². The van der Waals surface area contributed by atoms with Crippen molar-refractivity contribution in [3.05, 3.63) is 65.5 Å². The first-order valence-electron chi connectivity index (χ1n) is 10.6. The molecule has 0 spiro atoms. The first kappa shape index (κ1) is 21.0. The van der Waals surface area contributed by atoms with Gasteiger partial charge in [-0.15, -0.1) is 0 Å². The average molecular weight is 424 g/mol. The number of benzene rings is 2. The highest BCUT2D eigenvalue weighted by molar-refractivity contribution is 5.99. The molecule has 7 heteroatoms. The summed E-state index contributed by atoms with van der Waals surface area (Å²) in [5, 5.41) is 0. The first-order chi connectivity index (χ1) is 15.0. The summed E-state index contributed by atoms with van der Waals surface area (Å²) in [6, 6.07) is 12.9. The number of rotatable bonds is 5. The van der Waals surface area contributed by atoms with Crippen LogP contribution in [0, 0.1) is 17.7 Å². The van der Waals surface area contributed by atoms with Crippen LogP contribution in [0.3, 0.4) is 0 Å². The van der Waals surface area contributed by atoms with Crippen molar-refractivity contribution in [2.24, 2.45) is 17.6 Å². The lowest BCUT2D eigenvalue weighted by Gasteiger charge is -2.32. The Bertz CT molecular complexity index is 991. The van der Waals surface area contributed by atoms with Crippen LogP contribution in [0.1, 0.15) is 42.9 Å². The molecule has 2 aliphatic rings. The monoisotopic (exact) mass is 424 g/mol. The molecule has 31 heavy (non-hydrogen) atoms. The maximum absolute atomic E-state index is 13.4. The van der Waals surface area contributed by atoms with E-state index in [1.165, 1.54) is 24.3 Å². The van der Waals surface area contributed by atoms with Crippen molar-refractivity contribution in [3.63, 3.8) is 0 Å². The summed E-state index contributed by atoms with van der Waals surface area (Å²) in [6.07, 6.45) is 2.23. The van der Waals surface area contributed by atoms with E-state index in [9.17, 15) is 18.8 Å². The van der Waals surface area contributed by atoms with Gasteiger partial charge in [0.2, 0.25) is 12.0 Å². The number of nitrogens with two attached hydrogens (primary N) is 1. The minimum Gasteiger partial charge on any atom is -0.447 e. The number of esters is 1. The molecule has 0 aromatic heterocycles. The van der Waals surface area contributed by atoms with Crippen molar-refractivity contribution in [2.45, 2.75) is 38.2 Å². The van der Waals surface area contributed by atoms with Crippen molar-refractivity contribution in [1.29, 1.82) is 0 Å². The van der Waals surface area contributed by atoms with Gasteiger partial charge in [-0.05, 0) is 43.0 Å². The normalized spacial score (nSPS) is 21.3. The zero-order chi connectivity index (χ0) is 22.0. The number of ether oxygens (including phenoxy) is 1. The van der Waals surface area contributed by atoms with E-state index >= 15 is 0 Å². The topological polar surface area (TPSA) is 89.7 Å². The minimum absolute atomic E-state index is 0.0796. The van der Waals surface area contributed by atoms with Crippen LogP contribution in [0.5, 0.6) is 0 Å². The molecule has 2 aromatic carbocycles. The Hall–Kier alpha value is -3.22. The number of carbonyl (C=O) groups is 3. The fraction of sp³-hybridized carbons (Fsp3) is 0.375. The quantitative estimate of drug-likeness (QED) is 0.746. The number of hydrogen-bond acceptors (Lipinski definition) is 4. The molecular weight excluding hydrogens is 399 g/mol. The molecule has 1 aliphatic heterocycles. The van der Waals surface area contributed by atoms with Gasteiger partial charge in [0.25, 0.3) is 5.91 Å². The second kappa shape index (κ2) is 8.88. The van der Waals surface area contributed by atoms with Crippen molar-refractivity contribution in [1.82, 2.24) is 0 Å². The number of fused-ring (bicyclic) bond motifs is 1. The standard InChI is InChI=1S/C24H25FN2O4/c25-17-11-9-16(10-12-17)21(22(26)28)31-24(30)19-7-3-2-6-18(19)23(29)27-14-13-15-5-1-4-8-20(15)27/h1,4-5,8-12,18-19,21H,2-3,6-7,13-14H2,(H2,26,28). The molecule has 4 rings (SSSR count). The largest absolute Gasteiger partial charge is 0.447 e. The Morgan fingerprint density at radius 1 is 1.00 bits per heavy atom. The highest BCUT2D eigenvalue weighted by atomic mass is 19.1. The maximum Gasteiger partial charge on any atom is 0.310 e. The second-order valence-corrected chi connectivity index (χ2v) is 8.14. The highest BCUT2D eigenvalue weighted by Gasteiger charge is 2.41. The van der Waals surface area contributed by atoms with Crippen LogP contribution in [0.2, 0.25) is 0 Å². The number of anilines is 1. The Morgan fingerprint density at radius 2 is 1.68 bits per heavy atom. The van der Waals surface area contributed by atoms with Crippen LogP contribution in [0.15, 0.2) is 48.5 Å². The summed E-state index contributed by atoms with van der Waals surface area (Å²) >= 11 is 0. The van der Waals surface area contributed by atoms with Crippen molar-refractivity contribution in [3.8, 4) is 0 Å². The predicted molar refractivity (Wildman–Crippen MR) is 112 cm³/mol. The van der Waals surface area contributed by atoms with Crippen LogP contribution in [0.4, 0.5) is 10.1 Å². The molecule has 2 N–H and O–H groups in total. The number of hydrogen-bond donors (Lipinski definition) is 1. The fourth-order valence-electron chi connectivity index (χ4n) is 4.61. The fourth-order valence-corrected chi connectivity index (χ4v) is 4.61. The molecule has 1 heterocycles. The lowest BCUT2D eigenvalue weighted by molar-refractivity contribution is -0.163. The van der Waals surface area contributed by atoms with Crippen LogP contribution >= 0.6 is 0 Å². The molecule has 2 aromatic rings. The zero-order valence-corrected chi connectivity index (χ0v) is 17.1. The van der Waals surface area contributed by atoms with E-state index in [1.807, 2.05) is 24.3 Å². The van der Waals surface area contributed by atoms with Gasteiger partial charge in [0.15, 0.2) is 0 Å². The van der Waals surface area contributed by atoms with Crippen LogP contribution < -0.4 is 10.6 Å². The Kier molecular flexibility index (Phi) is 6.02. The van der Waals surface area contributed by atoms with Gasteiger partial charge in [-0.2, -0.15) is 0 Å². The number of para-hydroxylation sites is 1. The molecule has 3 atom stereocenters. The summed E-state index contributed by atoms with van der Waals surface area (Å²) in [5.74, 6) is -3.15. The van der Waals surface area contributed by atoms with Gasteiger partial charge in [0, 0.05) is 17.8 Å². The number of amides is 2. The molecule has 2 amide bonds. The Labute approximate surface area is 180 Å². The molecule has 3 unspecified atom stereocenters. The molecule has 1 aliphatic carbocycles. The summed E-state index contributed by atoms with van der Waals surface area (Å²) in [6.45, 7) is 0.593. The van der Waals surface area contributed by atoms with Gasteiger partial charge in [-0.3, -0.25) is 14.4 Å². The van der Waals surface area contributed by atoms with Crippen LogP contribution in [0.25, 0.3) is 0 Å². The molecule has 1 saturated carbocycles. The van der Waals surface area contributed by atoms with Gasteiger partial charge in [-0.1, -0.05) is 43.2 Å². The number of carbonyl (C=O) groups excluding carboxylic acids is 3. The smallest absolute Gasteiger partial charge is 0.310 e. The van der Waals surface area contributed by atoms with Crippen LogP contribution in [-0.4, -0.2) is 24.3 Å². The third-order valence-electron chi connectivity index (χ3n) is 6.20. The van der Waals surface area contributed by atoms with E-state index in [0.717, 1.165) is 30.5 Å². The SMILES string of the molecule is NC(=O)C(OC(=O)C1CCCCC1C(=O)N1CCc2ccccc21)c1ccc(F)cc1. The molecule has 0 radical (unpaired) electrons. The summed E-state index contributed by atoms with van der Waals surface area (Å²) in [7, 11) is 0. The molecule has 6 nitrogen and oxygen atoms in total. The third-order valence-corrected chi connectivity index (χ3v) is 6.20. The average Bonchev–Trinajstić information content (AvgIpc) is 3.21. The maximum atomic E-state index is 13.4. The number of nitrogens with zero attached hydrogens (tertiary/aromatic N) is 1. The lowest BCUT2D eigenvalue weighted by Crippen LogP contribution is -2.43. The van der Waals surface area contributed by atoms with Gasteiger partial charge < -0.3 is 15.4 Å². The number of halogens is 1. The van der Waals surface area contributed by atoms with E-state index in [0.29, 0.717) is 24.9 Å². The Morgan fingerprint density at radius 3 is 2.39 bits per heavy atom. The van der Waals surface area contributed by atoms with E-state index < -0.39 is 35.6 Å². The lowest BCUT2D eigenvalue weighted by atomic mass is 9.78. The van der Waals surface area contributed by atoms with Gasteiger partial charge in [0.05, 0.1) is 11.8 Å². The summed E-state index contributed by atoms with van der Waals surface area (Å²) in [5.41, 5.74) is 7.76.